The predicted octanol–water partition coefficient (Wildman–Crippen LogP) is 3.00. The Balaban J connectivity index is 1.63. The molecule has 0 aliphatic heterocycles. The number of aromatic nitrogens is 5. The minimum absolute atomic E-state index is 0.237. The average molecular weight is 381 g/mol. The van der Waals surface area contributed by atoms with Crippen molar-refractivity contribution < 1.29 is 0 Å². The zero-order valence-electron chi connectivity index (χ0n) is 16.1. The Morgan fingerprint density at radius 2 is 1.43 bits per heavy atom. The van der Waals surface area contributed by atoms with Crippen LogP contribution in [-0.4, -0.2) is 36.8 Å². The van der Waals surface area contributed by atoms with Crippen molar-refractivity contribution in [2.75, 3.05) is 16.4 Å². The topological polar surface area (TPSA) is 130 Å². The third-order valence-electron chi connectivity index (χ3n) is 5.62. The standard InChI is InChI=1S/C19H27N9/c20-11-13-12-22-28(16(13)21)19-26-17(23-14-7-3-1-4-8-14)25-18(27-19)24-15-9-5-2-6-10-15/h12,14-15H,1-10,21H2,(H2,23,24,25,26,27). The summed E-state index contributed by atoms with van der Waals surface area (Å²) in [6, 6.07) is 2.78. The highest BCUT2D eigenvalue weighted by molar-refractivity contribution is 5.51. The Bertz CT molecular complexity index is 803. The first-order chi connectivity index (χ1) is 13.7. The predicted molar refractivity (Wildman–Crippen MR) is 107 cm³/mol. The molecule has 0 aromatic carbocycles. The molecule has 2 aliphatic rings. The minimum Gasteiger partial charge on any atom is -0.382 e. The number of nitrogen functional groups attached to an aromatic ring is 1. The first kappa shape index (κ1) is 18.5. The van der Waals surface area contributed by atoms with E-state index in [1.54, 1.807) is 0 Å². The van der Waals surface area contributed by atoms with Crippen LogP contribution in [0.4, 0.5) is 17.7 Å². The van der Waals surface area contributed by atoms with E-state index >= 15 is 0 Å². The second kappa shape index (κ2) is 8.42. The van der Waals surface area contributed by atoms with Gasteiger partial charge in [0.25, 0.3) is 5.95 Å². The summed E-state index contributed by atoms with van der Waals surface area (Å²) in [6.07, 6.45) is 13.4. The number of nitriles is 1. The molecule has 0 atom stereocenters. The summed E-state index contributed by atoms with van der Waals surface area (Å²) >= 11 is 0. The van der Waals surface area contributed by atoms with Gasteiger partial charge in [-0.15, -0.1) is 0 Å². The Hall–Kier alpha value is -2.89. The summed E-state index contributed by atoms with van der Waals surface area (Å²) in [5, 5.41) is 20.3. The van der Waals surface area contributed by atoms with Gasteiger partial charge < -0.3 is 16.4 Å². The van der Waals surface area contributed by atoms with Crippen molar-refractivity contribution in [3.8, 4) is 12.0 Å². The molecule has 9 heteroatoms. The number of nitrogens with zero attached hydrogens (tertiary/aromatic N) is 6. The fourth-order valence-corrected chi connectivity index (χ4v) is 4.05. The molecule has 2 saturated carbocycles. The summed E-state index contributed by atoms with van der Waals surface area (Å²) in [5.74, 6) is 1.62. The van der Waals surface area contributed by atoms with Gasteiger partial charge in [0.2, 0.25) is 11.9 Å². The van der Waals surface area contributed by atoms with Crippen molar-refractivity contribution in [3.05, 3.63) is 11.8 Å². The quantitative estimate of drug-likeness (QED) is 0.720. The van der Waals surface area contributed by atoms with Gasteiger partial charge >= 0.3 is 0 Å². The molecule has 0 unspecified atom stereocenters. The molecule has 2 aromatic heterocycles. The molecule has 0 amide bonds. The summed E-state index contributed by atoms with van der Waals surface area (Å²) in [5.41, 5.74) is 6.36. The summed E-state index contributed by atoms with van der Waals surface area (Å²) in [6.45, 7) is 0. The van der Waals surface area contributed by atoms with Crippen molar-refractivity contribution >= 4 is 17.7 Å². The normalized spacial score (nSPS) is 18.5. The monoisotopic (exact) mass is 381 g/mol. The zero-order valence-corrected chi connectivity index (χ0v) is 16.1. The lowest BCUT2D eigenvalue weighted by Gasteiger charge is -2.24. The van der Waals surface area contributed by atoms with Gasteiger partial charge in [-0.25, -0.2) is 0 Å². The van der Waals surface area contributed by atoms with Crippen molar-refractivity contribution in [1.82, 2.24) is 24.7 Å². The van der Waals surface area contributed by atoms with Crippen molar-refractivity contribution in [2.24, 2.45) is 0 Å². The van der Waals surface area contributed by atoms with E-state index < -0.39 is 0 Å². The van der Waals surface area contributed by atoms with Crippen molar-refractivity contribution in [2.45, 2.75) is 76.3 Å². The van der Waals surface area contributed by atoms with Crippen LogP contribution < -0.4 is 16.4 Å². The van der Waals surface area contributed by atoms with Gasteiger partial charge in [-0.2, -0.15) is 30.0 Å². The van der Waals surface area contributed by atoms with Gasteiger partial charge in [0.1, 0.15) is 17.5 Å². The van der Waals surface area contributed by atoms with Crippen LogP contribution in [0, 0.1) is 11.3 Å². The molecular weight excluding hydrogens is 354 g/mol. The lowest BCUT2D eigenvalue weighted by Crippen LogP contribution is -2.27. The van der Waals surface area contributed by atoms with Gasteiger partial charge in [0.15, 0.2) is 0 Å². The Morgan fingerprint density at radius 1 is 0.893 bits per heavy atom. The molecule has 28 heavy (non-hydrogen) atoms. The van der Waals surface area contributed by atoms with E-state index in [4.69, 9.17) is 11.0 Å². The number of nitrogens with two attached hydrogens (primary N) is 1. The van der Waals surface area contributed by atoms with Gasteiger partial charge in [-0.1, -0.05) is 38.5 Å². The summed E-state index contributed by atoms with van der Waals surface area (Å²) in [7, 11) is 0. The SMILES string of the molecule is N#Cc1cnn(-c2nc(NC3CCCCC3)nc(NC3CCCCC3)n2)c1N. The highest BCUT2D eigenvalue weighted by atomic mass is 15.4. The number of anilines is 3. The van der Waals surface area contributed by atoms with Crippen LogP contribution in [-0.2, 0) is 0 Å². The van der Waals surface area contributed by atoms with E-state index in [9.17, 15) is 0 Å². The Kier molecular flexibility index (Phi) is 5.55. The van der Waals surface area contributed by atoms with Crippen LogP contribution in [0.3, 0.4) is 0 Å². The van der Waals surface area contributed by atoms with E-state index in [1.807, 2.05) is 6.07 Å². The largest absolute Gasteiger partial charge is 0.382 e. The van der Waals surface area contributed by atoms with E-state index in [-0.39, 0.29) is 5.82 Å². The molecule has 2 fully saturated rings. The smallest absolute Gasteiger partial charge is 0.259 e. The second-order valence-electron chi connectivity index (χ2n) is 7.71. The fraction of sp³-hybridized carbons (Fsp3) is 0.632. The van der Waals surface area contributed by atoms with E-state index in [0.717, 1.165) is 25.7 Å². The molecule has 9 nitrogen and oxygen atoms in total. The van der Waals surface area contributed by atoms with Crippen LogP contribution in [0.1, 0.15) is 69.8 Å². The Morgan fingerprint density at radius 3 is 1.89 bits per heavy atom. The molecule has 2 aliphatic carbocycles. The third-order valence-corrected chi connectivity index (χ3v) is 5.62. The van der Waals surface area contributed by atoms with Crippen molar-refractivity contribution in [1.29, 1.82) is 5.26 Å². The third kappa shape index (κ3) is 4.16. The summed E-state index contributed by atoms with van der Waals surface area (Å²) in [4.78, 5) is 13.7. The highest BCUT2D eigenvalue weighted by Crippen LogP contribution is 2.24. The number of hydrogen-bond donors (Lipinski definition) is 3. The number of nitrogens with one attached hydrogen (secondary N) is 2. The van der Waals surface area contributed by atoms with Crippen molar-refractivity contribution in [3.63, 3.8) is 0 Å². The lowest BCUT2D eigenvalue weighted by molar-refractivity contribution is 0.458. The highest BCUT2D eigenvalue weighted by Gasteiger charge is 2.20. The van der Waals surface area contributed by atoms with Crippen LogP contribution in [0.25, 0.3) is 5.95 Å². The van der Waals surface area contributed by atoms with Gasteiger partial charge in [0, 0.05) is 12.1 Å². The van der Waals surface area contributed by atoms with Crippen LogP contribution >= 0.6 is 0 Å². The maximum Gasteiger partial charge on any atom is 0.259 e. The first-order valence-corrected chi connectivity index (χ1v) is 10.3. The molecule has 0 bridgehead atoms. The van der Waals surface area contributed by atoms with Crippen LogP contribution in [0.2, 0.25) is 0 Å². The average Bonchev–Trinajstić information content (AvgIpc) is 3.10. The number of rotatable bonds is 5. The van der Waals surface area contributed by atoms with Crippen LogP contribution in [0.5, 0.6) is 0 Å². The maximum atomic E-state index is 9.16. The molecule has 148 valence electrons. The van der Waals surface area contributed by atoms with Gasteiger partial charge in [-0.05, 0) is 25.7 Å². The summed E-state index contributed by atoms with van der Waals surface area (Å²) < 4.78 is 1.40. The lowest BCUT2D eigenvalue weighted by atomic mass is 9.96. The van der Waals surface area contributed by atoms with Crippen LogP contribution in [0.15, 0.2) is 6.20 Å². The number of hydrogen-bond acceptors (Lipinski definition) is 8. The van der Waals surface area contributed by atoms with E-state index in [1.165, 1.54) is 49.4 Å². The molecular formula is C19H27N9. The molecule has 2 aromatic rings. The molecule has 0 spiro atoms. The molecule has 4 rings (SSSR count). The maximum absolute atomic E-state index is 9.16. The Labute approximate surface area is 164 Å². The molecule has 0 radical (unpaired) electrons. The van der Waals surface area contributed by atoms with Gasteiger partial charge in [0.05, 0.1) is 6.20 Å². The second-order valence-corrected chi connectivity index (χ2v) is 7.71. The minimum atomic E-state index is 0.237. The molecule has 2 heterocycles. The molecule has 4 N–H and O–H groups in total. The first-order valence-electron chi connectivity index (χ1n) is 10.3. The fourth-order valence-electron chi connectivity index (χ4n) is 4.05. The molecule has 0 saturated heterocycles. The van der Waals surface area contributed by atoms with Gasteiger partial charge in [-0.3, -0.25) is 0 Å². The van der Waals surface area contributed by atoms with E-state index in [0.29, 0.717) is 35.5 Å². The zero-order chi connectivity index (χ0) is 19.3. The van der Waals surface area contributed by atoms with E-state index in [2.05, 4.69) is 30.7 Å².